The standard InChI is InChI=1S/C30H32N4O4/c1-19-5-8-23-15-24(19)17-33(3)30(37)22-9-6-21(7-10-22)18-38-14-4-13-34-27-12-11-25(26(23)16-28(35)36)20(2)29(27)31-32-34/h5-12,15,26H,4,13-14,16-18H2,1-3H3,(H,35,36)/t26-/m0/s1. The predicted molar refractivity (Wildman–Crippen MR) is 144 cm³/mol. The molecule has 0 unspecified atom stereocenters. The van der Waals surface area contributed by atoms with Crippen LogP contribution in [0.2, 0.25) is 0 Å². The molecule has 0 saturated carbocycles. The zero-order valence-electron chi connectivity index (χ0n) is 22.0. The van der Waals surface area contributed by atoms with Gasteiger partial charge in [0.05, 0.1) is 18.5 Å². The first-order valence-corrected chi connectivity index (χ1v) is 12.9. The van der Waals surface area contributed by atoms with Crippen molar-refractivity contribution in [3.63, 3.8) is 0 Å². The van der Waals surface area contributed by atoms with E-state index < -0.39 is 5.97 Å². The molecule has 8 heteroatoms. The van der Waals surface area contributed by atoms with E-state index in [9.17, 15) is 14.7 Å². The quantitative estimate of drug-likeness (QED) is 0.413. The Labute approximate surface area is 221 Å². The third-order valence-corrected chi connectivity index (χ3v) is 7.39. The van der Waals surface area contributed by atoms with Crippen LogP contribution in [0.25, 0.3) is 11.0 Å². The SMILES string of the molecule is Cc1ccc2cc1CN(C)C(=O)c1ccc(cc1)COCCCn1nnc3c(C)c(ccc31)[C@H]2CC(=O)O. The van der Waals surface area contributed by atoms with Gasteiger partial charge in [0.1, 0.15) is 5.52 Å². The fourth-order valence-corrected chi connectivity index (χ4v) is 5.18. The Balaban J connectivity index is 1.59. The first-order valence-electron chi connectivity index (χ1n) is 12.9. The lowest BCUT2D eigenvalue weighted by Crippen LogP contribution is -2.26. The average Bonchev–Trinajstić information content (AvgIpc) is 3.32. The first kappa shape index (κ1) is 25.6. The second kappa shape index (κ2) is 10.8. The van der Waals surface area contributed by atoms with Gasteiger partial charge in [-0.25, -0.2) is 4.68 Å². The number of carbonyl (C=O) groups excluding carboxylic acids is 1. The van der Waals surface area contributed by atoms with Gasteiger partial charge in [0.2, 0.25) is 0 Å². The fraction of sp³-hybridized carbons (Fsp3) is 0.333. The maximum absolute atomic E-state index is 13.2. The molecule has 0 fully saturated rings. The predicted octanol–water partition coefficient (Wildman–Crippen LogP) is 4.85. The van der Waals surface area contributed by atoms with Crippen LogP contribution in [0.15, 0.2) is 54.6 Å². The second-order valence-electron chi connectivity index (χ2n) is 10.1. The smallest absolute Gasteiger partial charge is 0.304 e. The molecule has 38 heavy (non-hydrogen) atoms. The molecule has 0 radical (unpaired) electrons. The molecule has 8 bridgehead atoms. The van der Waals surface area contributed by atoms with Crippen LogP contribution >= 0.6 is 0 Å². The molecule has 4 aliphatic rings. The van der Waals surface area contributed by atoms with Crippen LogP contribution in [0.3, 0.4) is 0 Å². The highest BCUT2D eigenvalue weighted by Gasteiger charge is 2.23. The van der Waals surface area contributed by atoms with Crippen molar-refractivity contribution in [3.05, 3.63) is 93.5 Å². The van der Waals surface area contributed by atoms with Crippen molar-refractivity contribution < 1.29 is 19.4 Å². The van der Waals surface area contributed by atoms with Crippen molar-refractivity contribution in [2.24, 2.45) is 0 Å². The van der Waals surface area contributed by atoms with E-state index in [-0.39, 0.29) is 18.2 Å². The number of aliphatic carboxylic acids is 1. The minimum atomic E-state index is -0.874. The van der Waals surface area contributed by atoms with Crippen LogP contribution in [0, 0.1) is 13.8 Å². The number of benzene rings is 3. The number of rotatable bonds is 2. The number of hydrogen-bond acceptors (Lipinski definition) is 5. The van der Waals surface area contributed by atoms with Crippen LogP contribution < -0.4 is 0 Å². The summed E-state index contributed by atoms with van der Waals surface area (Å²) in [5.74, 6) is -1.31. The fourth-order valence-electron chi connectivity index (χ4n) is 5.18. The van der Waals surface area contributed by atoms with E-state index in [0.29, 0.717) is 31.9 Å². The summed E-state index contributed by atoms with van der Waals surface area (Å²) in [6.45, 7) is 6.11. The molecule has 3 aromatic carbocycles. The third-order valence-electron chi connectivity index (χ3n) is 7.39. The van der Waals surface area contributed by atoms with Gasteiger partial charge in [-0.3, -0.25) is 9.59 Å². The summed E-state index contributed by atoms with van der Waals surface area (Å²) in [6.07, 6.45) is 0.718. The second-order valence-corrected chi connectivity index (χ2v) is 10.1. The number of hydrogen-bond donors (Lipinski definition) is 1. The van der Waals surface area contributed by atoms with Crippen LogP contribution in [0.5, 0.6) is 0 Å². The van der Waals surface area contributed by atoms with Crippen molar-refractivity contribution in [2.45, 2.75) is 52.3 Å². The molecule has 1 aromatic heterocycles. The minimum absolute atomic E-state index is 0.0541. The number of amides is 1. The molecule has 8 nitrogen and oxygen atoms in total. The van der Waals surface area contributed by atoms with E-state index in [4.69, 9.17) is 4.74 Å². The van der Waals surface area contributed by atoms with Crippen molar-refractivity contribution in [1.82, 2.24) is 19.9 Å². The van der Waals surface area contributed by atoms with Gasteiger partial charge in [0.15, 0.2) is 0 Å². The highest BCUT2D eigenvalue weighted by Crippen LogP contribution is 2.34. The molecule has 4 aromatic rings. The molecule has 4 aliphatic heterocycles. The minimum Gasteiger partial charge on any atom is -0.481 e. The van der Waals surface area contributed by atoms with Gasteiger partial charge >= 0.3 is 5.97 Å². The number of carboxylic acid groups (broad SMARTS) is 1. The van der Waals surface area contributed by atoms with E-state index in [2.05, 4.69) is 10.3 Å². The average molecular weight is 513 g/mol. The molecule has 0 saturated heterocycles. The van der Waals surface area contributed by atoms with Crippen molar-refractivity contribution in [2.75, 3.05) is 13.7 Å². The number of aromatic nitrogens is 3. The lowest BCUT2D eigenvalue weighted by atomic mass is 9.84. The number of ether oxygens (including phenoxy) is 1. The van der Waals surface area contributed by atoms with E-state index >= 15 is 0 Å². The third kappa shape index (κ3) is 5.17. The maximum atomic E-state index is 13.2. The van der Waals surface area contributed by atoms with Gasteiger partial charge in [0, 0.05) is 38.2 Å². The van der Waals surface area contributed by atoms with E-state index in [1.165, 1.54) is 0 Å². The first-order chi connectivity index (χ1) is 18.3. The summed E-state index contributed by atoms with van der Waals surface area (Å²) < 4.78 is 7.74. The largest absolute Gasteiger partial charge is 0.481 e. The monoisotopic (exact) mass is 512 g/mol. The summed E-state index contributed by atoms with van der Waals surface area (Å²) in [5.41, 5.74) is 8.10. The number of carboxylic acids is 1. The zero-order valence-corrected chi connectivity index (χ0v) is 22.0. The zero-order chi connectivity index (χ0) is 26.8. The topological polar surface area (TPSA) is 97.5 Å². The number of aryl methyl sites for hydroxylation is 3. The van der Waals surface area contributed by atoms with E-state index in [1.807, 2.05) is 73.1 Å². The number of carbonyl (C=O) groups is 2. The van der Waals surface area contributed by atoms with Crippen LogP contribution in [-0.4, -0.2) is 50.5 Å². The van der Waals surface area contributed by atoms with Gasteiger partial charge in [-0.2, -0.15) is 0 Å². The summed E-state index contributed by atoms with van der Waals surface area (Å²) in [7, 11) is 1.79. The van der Waals surface area contributed by atoms with E-state index in [0.717, 1.165) is 50.8 Å². The summed E-state index contributed by atoms with van der Waals surface area (Å²) >= 11 is 0. The van der Waals surface area contributed by atoms with E-state index in [1.54, 1.807) is 11.9 Å². The van der Waals surface area contributed by atoms with Crippen LogP contribution in [0.4, 0.5) is 0 Å². The van der Waals surface area contributed by atoms with Crippen LogP contribution in [0.1, 0.15) is 62.5 Å². The van der Waals surface area contributed by atoms with Gasteiger partial charge in [0.25, 0.3) is 5.91 Å². The molecular weight excluding hydrogens is 480 g/mol. The molecule has 196 valence electrons. The van der Waals surface area contributed by atoms with Gasteiger partial charge in [-0.1, -0.05) is 41.6 Å². The van der Waals surface area contributed by atoms with Crippen LogP contribution in [-0.2, 0) is 29.2 Å². The molecule has 1 amide bonds. The van der Waals surface area contributed by atoms with Crippen molar-refractivity contribution in [3.8, 4) is 0 Å². The molecule has 0 spiro atoms. The summed E-state index contributed by atoms with van der Waals surface area (Å²) in [5, 5.41) is 18.6. The number of nitrogens with zero attached hydrogens (tertiary/aromatic N) is 4. The summed E-state index contributed by atoms with van der Waals surface area (Å²) in [6, 6.07) is 17.5. The highest BCUT2D eigenvalue weighted by molar-refractivity contribution is 5.94. The Bertz CT molecular complexity index is 1490. The molecular formula is C30H32N4O4. The Kier molecular flexibility index (Phi) is 7.24. The van der Waals surface area contributed by atoms with Gasteiger partial charge in [-0.15, -0.1) is 5.10 Å². The highest BCUT2D eigenvalue weighted by atomic mass is 16.5. The lowest BCUT2D eigenvalue weighted by Gasteiger charge is -2.22. The van der Waals surface area contributed by atoms with Gasteiger partial charge < -0.3 is 14.7 Å². The lowest BCUT2D eigenvalue weighted by molar-refractivity contribution is -0.137. The maximum Gasteiger partial charge on any atom is 0.304 e. The molecule has 1 N–H and O–H groups in total. The molecule has 8 rings (SSSR count). The Morgan fingerprint density at radius 1 is 1.11 bits per heavy atom. The Morgan fingerprint density at radius 3 is 2.66 bits per heavy atom. The van der Waals surface area contributed by atoms with Gasteiger partial charge in [-0.05, 0) is 71.8 Å². The Morgan fingerprint density at radius 2 is 1.89 bits per heavy atom. The normalized spacial score (nSPS) is 16.8. The summed E-state index contributed by atoms with van der Waals surface area (Å²) in [4.78, 5) is 26.8. The van der Waals surface area contributed by atoms with Crippen molar-refractivity contribution >= 4 is 22.9 Å². The molecule has 1 atom stereocenters. The van der Waals surface area contributed by atoms with Crippen molar-refractivity contribution in [1.29, 1.82) is 0 Å². The molecule has 0 aliphatic carbocycles. The molecule has 5 heterocycles. The Hall–Kier alpha value is -4.04.